The second-order valence-electron chi connectivity index (χ2n) is 2.47. The molecular weight excluding hydrogens is 144 g/mol. The monoisotopic (exact) mass is 162 g/mol. The maximum atomic E-state index is 8.44. The lowest BCUT2D eigenvalue weighted by atomic mass is 10.2. The van der Waals surface area contributed by atoms with Crippen LogP contribution in [0.4, 0.5) is 0 Å². The summed E-state index contributed by atoms with van der Waals surface area (Å²) >= 11 is 0. The summed E-state index contributed by atoms with van der Waals surface area (Å²) in [4.78, 5) is 0. The third-order valence-electron chi connectivity index (χ3n) is 1.43. The number of hydrogen-bond donors (Lipinski definition) is 2. The lowest BCUT2D eigenvalue weighted by Crippen LogP contribution is -2.00. The van der Waals surface area contributed by atoms with Crippen LogP contribution in [-0.4, -0.2) is 36.6 Å². The Morgan fingerprint density at radius 3 is 2.09 bits per heavy atom. The first kappa shape index (κ1) is 10.9. The van der Waals surface area contributed by atoms with E-state index >= 15 is 0 Å². The van der Waals surface area contributed by atoms with E-state index in [2.05, 4.69) is 0 Å². The van der Waals surface area contributed by atoms with E-state index in [1.807, 2.05) is 0 Å². The first-order chi connectivity index (χ1) is 5.41. The smallest absolute Gasteiger partial charge is 0.0697 e. The zero-order valence-electron chi connectivity index (χ0n) is 6.96. The highest BCUT2D eigenvalue weighted by molar-refractivity contribution is 4.41. The van der Waals surface area contributed by atoms with Crippen LogP contribution in [0.2, 0.25) is 0 Å². The number of unbranched alkanes of at least 4 members (excludes halogenated alkanes) is 3. The highest BCUT2D eigenvalue weighted by Crippen LogP contribution is 1.98. The first-order valence-electron chi connectivity index (χ1n) is 4.21. The summed E-state index contributed by atoms with van der Waals surface area (Å²) in [5, 5.41) is 16.8. The Morgan fingerprint density at radius 2 is 1.45 bits per heavy atom. The van der Waals surface area contributed by atoms with Gasteiger partial charge in [0, 0.05) is 13.2 Å². The third kappa shape index (κ3) is 9.88. The van der Waals surface area contributed by atoms with Gasteiger partial charge in [0.25, 0.3) is 0 Å². The van der Waals surface area contributed by atoms with E-state index in [1.54, 1.807) is 0 Å². The molecule has 0 unspecified atom stereocenters. The normalized spacial score (nSPS) is 10.4. The number of rotatable bonds is 8. The summed E-state index contributed by atoms with van der Waals surface area (Å²) in [5.74, 6) is 0. The van der Waals surface area contributed by atoms with Crippen molar-refractivity contribution < 1.29 is 14.9 Å². The number of ether oxygens (including phenoxy) is 1. The molecule has 3 nitrogen and oxygen atoms in total. The molecule has 3 heteroatoms. The molecule has 0 heterocycles. The minimum atomic E-state index is 0.108. The lowest BCUT2D eigenvalue weighted by Gasteiger charge is -2.00. The molecule has 0 rings (SSSR count). The summed E-state index contributed by atoms with van der Waals surface area (Å²) in [6, 6.07) is 0. The van der Waals surface area contributed by atoms with E-state index in [0.29, 0.717) is 6.61 Å². The number of aliphatic hydroxyl groups is 2. The average molecular weight is 162 g/mol. The fourth-order valence-corrected chi connectivity index (χ4v) is 0.836. The van der Waals surface area contributed by atoms with E-state index in [-0.39, 0.29) is 13.2 Å². The van der Waals surface area contributed by atoms with Crippen molar-refractivity contribution in [3.63, 3.8) is 0 Å². The van der Waals surface area contributed by atoms with Crippen molar-refractivity contribution in [1.29, 1.82) is 0 Å². The average Bonchev–Trinajstić information content (AvgIpc) is 2.03. The molecule has 0 aromatic carbocycles. The van der Waals surface area contributed by atoms with Gasteiger partial charge in [-0.3, -0.25) is 0 Å². The zero-order valence-corrected chi connectivity index (χ0v) is 6.96. The molecule has 0 bridgehead atoms. The topological polar surface area (TPSA) is 49.7 Å². The Labute approximate surface area is 68.0 Å². The van der Waals surface area contributed by atoms with Crippen molar-refractivity contribution in [3.8, 4) is 0 Å². The third-order valence-corrected chi connectivity index (χ3v) is 1.43. The van der Waals surface area contributed by atoms with Crippen LogP contribution in [0.15, 0.2) is 0 Å². The molecule has 0 amide bonds. The Morgan fingerprint density at radius 1 is 0.727 bits per heavy atom. The van der Waals surface area contributed by atoms with Crippen LogP contribution < -0.4 is 0 Å². The molecule has 0 spiro atoms. The Bertz CT molecular complexity index is 58.4. The van der Waals surface area contributed by atoms with Gasteiger partial charge in [0.05, 0.1) is 13.2 Å². The number of aliphatic hydroxyl groups excluding tert-OH is 2. The van der Waals surface area contributed by atoms with Crippen molar-refractivity contribution in [2.24, 2.45) is 0 Å². The van der Waals surface area contributed by atoms with Gasteiger partial charge in [-0.15, -0.1) is 0 Å². The molecule has 0 fully saturated rings. The summed E-state index contributed by atoms with van der Waals surface area (Å²) in [6.07, 6.45) is 4.09. The summed E-state index contributed by atoms with van der Waals surface area (Å²) in [5.41, 5.74) is 0. The Hall–Kier alpha value is -0.120. The minimum absolute atomic E-state index is 0.108. The summed E-state index contributed by atoms with van der Waals surface area (Å²) in [7, 11) is 0. The van der Waals surface area contributed by atoms with E-state index in [4.69, 9.17) is 14.9 Å². The molecule has 0 aromatic heterocycles. The second-order valence-corrected chi connectivity index (χ2v) is 2.47. The van der Waals surface area contributed by atoms with Crippen molar-refractivity contribution >= 4 is 0 Å². The maximum absolute atomic E-state index is 8.44. The molecule has 68 valence electrons. The Kier molecular flexibility index (Phi) is 9.77. The van der Waals surface area contributed by atoms with Gasteiger partial charge in [-0.2, -0.15) is 0 Å². The van der Waals surface area contributed by atoms with Crippen LogP contribution in [0.25, 0.3) is 0 Å². The predicted octanol–water partition coefficient (Wildman–Crippen LogP) is 0.548. The molecule has 0 saturated carbocycles. The van der Waals surface area contributed by atoms with Gasteiger partial charge in [0.15, 0.2) is 0 Å². The van der Waals surface area contributed by atoms with Gasteiger partial charge in [0.2, 0.25) is 0 Å². The molecule has 11 heavy (non-hydrogen) atoms. The van der Waals surface area contributed by atoms with Gasteiger partial charge >= 0.3 is 0 Å². The van der Waals surface area contributed by atoms with Crippen LogP contribution in [0.1, 0.15) is 25.7 Å². The number of hydrogen-bond acceptors (Lipinski definition) is 3. The van der Waals surface area contributed by atoms with Crippen LogP contribution in [-0.2, 0) is 4.74 Å². The fourth-order valence-electron chi connectivity index (χ4n) is 0.836. The minimum Gasteiger partial charge on any atom is -0.396 e. The molecule has 0 aromatic rings. The van der Waals surface area contributed by atoms with E-state index < -0.39 is 0 Å². The van der Waals surface area contributed by atoms with Crippen LogP contribution in [0.3, 0.4) is 0 Å². The summed E-state index contributed by atoms with van der Waals surface area (Å²) < 4.78 is 5.05. The maximum Gasteiger partial charge on any atom is 0.0697 e. The van der Waals surface area contributed by atoms with E-state index in [1.165, 1.54) is 0 Å². The van der Waals surface area contributed by atoms with Gasteiger partial charge in [-0.05, 0) is 12.8 Å². The standard InChI is InChI=1S/C8H18O3/c9-5-3-1-2-4-7-11-8-6-10/h9-10H,1-8H2. The molecule has 0 saturated heterocycles. The molecule has 2 N–H and O–H groups in total. The predicted molar refractivity (Wildman–Crippen MR) is 43.5 cm³/mol. The quantitative estimate of drug-likeness (QED) is 0.512. The molecule has 0 aliphatic heterocycles. The molecular formula is C8H18O3. The van der Waals surface area contributed by atoms with Crippen molar-refractivity contribution in [3.05, 3.63) is 0 Å². The first-order valence-corrected chi connectivity index (χ1v) is 4.21. The Balaban J connectivity index is 2.69. The summed E-state index contributed by atoms with van der Waals surface area (Å²) in [6.45, 7) is 1.57. The van der Waals surface area contributed by atoms with Gasteiger partial charge in [-0.25, -0.2) is 0 Å². The van der Waals surface area contributed by atoms with Crippen molar-refractivity contribution in [1.82, 2.24) is 0 Å². The van der Waals surface area contributed by atoms with E-state index in [0.717, 1.165) is 32.3 Å². The van der Waals surface area contributed by atoms with Crippen LogP contribution in [0.5, 0.6) is 0 Å². The van der Waals surface area contributed by atoms with Crippen molar-refractivity contribution in [2.45, 2.75) is 25.7 Å². The van der Waals surface area contributed by atoms with Crippen molar-refractivity contribution in [2.75, 3.05) is 26.4 Å². The van der Waals surface area contributed by atoms with Gasteiger partial charge in [0.1, 0.15) is 0 Å². The molecule has 0 aliphatic carbocycles. The second kappa shape index (κ2) is 9.88. The fraction of sp³-hybridized carbons (Fsp3) is 1.00. The zero-order chi connectivity index (χ0) is 8.36. The highest BCUT2D eigenvalue weighted by Gasteiger charge is 1.89. The van der Waals surface area contributed by atoms with E-state index in [9.17, 15) is 0 Å². The SMILES string of the molecule is OCCCCCCOCCO. The largest absolute Gasteiger partial charge is 0.396 e. The molecule has 0 aliphatic rings. The van der Waals surface area contributed by atoms with Gasteiger partial charge in [-0.1, -0.05) is 12.8 Å². The highest BCUT2D eigenvalue weighted by atomic mass is 16.5. The lowest BCUT2D eigenvalue weighted by molar-refractivity contribution is 0.0893. The molecule has 0 radical (unpaired) electrons. The van der Waals surface area contributed by atoms with Crippen LogP contribution >= 0.6 is 0 Å². The van der Waals surface area contributed by atoms with Crippen LogP contribution in [0, 0.1) is 0 Å². The molecule has 0 atom stereocenters. The van der Waals surface area contributed by atoms with Gasteiger partial charge < -0.3 is 14.9 Å².